The van der Waals surface area contributed by atoms with Gasteiger partial charge in [-0.2, -0.15) is 0 Å². The van der Waals surface area contributed by atoms with Gasteiger partial charge in [0.05, 0.1) is 19.3 Å². The highest BCUT2D eigenvalue weighted by Crippen LogP contribution is 2.54. The summed E-state index contributed by atoms with van der Waals surface area (Å²) in [7, 11) is 0. The summed E-state index contributed by atoms with van der Waals surface area (Å²) in [6.45, 7) is 8.63. The van der Waals surface area contributed by atoms with Gasteiger partial charge in [-0.15, -0.1) is 6.58 Å². The topological polar surface area (TPSA) is 63.2 Å². The highest BCUT2D eigenvalue weighted by Gasteiger charge is 2.61. The van der Waals surface area contributed by atoms with Crippen molar-refractivity contribution in [3.05, 3.63) is 41.5 Å². The van der Waals surface area contributed by atoms with Gasteiger partial charge in [0.15, 0.2) is 0 Å². The third-order valence-corrected chi connectivity index (χ3v) is 4.94. The maximum Gasteiger partial charge on any atom is 0.242 e. The highest BCUT2D eigenvalue weighted by atomic mass is 79.9. The summed E-state index contributed by atoms with van der Waals surface area (Å²) in [6, 6.07) is 3.85. The number of rotatable bonds is 7. The lowest BCUT2D eigenvalue weighted by Crippen LogP contribution is -2.38. The second-order valence-corrected chi connectivity index (χ2v) is 6.92. The van der Waals surface area contributed by atoms with E-state index in [1.54, 1.807) is 12.2 Å². The van der Waals surface area contributed by atoms with Crippen LogP contribution >= 0.6 is 15.9 Å². The number of fused-ring (bicyclic) bond motifs is 1. The summed E-state index contributed by atoms with van der Waals surface area (Å²) in [5, 5.41) is 6.28. The fourth-order valence-corrected chi connectivity index (χ4v) is 3.47. The van der Waals surface area contributed by atoms with E-state index in [1.807, 2.05) is 12.1 Å². The number of nitrogens with zero attached hydrogens (tertiary/aromatic N) is 1. The van der Waals surface area contributed by atoms with Gasteiger partial charge in [-0.25, -0.2) is 4.98 Å². The van der Waals surface area contributed by atoms with Gasteiger partial charge < -0.3 is 15.4 Å². The molecule has 23 heavy (non-hydrogen) atoms. The molecule has 1 amide bonds. The van der Waals surface area contributed by atoms with E-state index in [0.717, 1.165) is 18.4 Å². The molecule has 6 heteroatoms. The lowest BCUT2D eigenvalue weighted by atomic mass is 10.0. The summed E-state index contributed by atoms with van der Waals surface area (Å²) >= 11 is 3.32. The van der Waals surface area contributed by atoms with Gasteiger partial charge in [0.2, 0.25) is 5.91 Å². The first-order chi connectivity index (χ1) is 11.1. The lowest BCUT2D eigenvalue weighted by Gasteiger charge is -2.16. The van der Waals surface area contributed by atoms with Crippen molar-refractivity contribution in [2.75, 3.05) is 18.5 Å². The van der Waals surface area contributed by atoms with Crippen LogP contribution in [0.15, 0.2) is 36.0 Å². The van der Waals surface area contributed by atoms with E-state index < -0.39 is 0 Å². The molecule has 1 saturated carbocycles. The summed E-state index contributed by atoms with van der Waals surface area (Å²) in [5.41, 5.74) is 0.908. The smallest absolute Gasteiger partial charge is 0.242 e. The van der Waals surface area contributed by atoms with E-state index in [1.165, 1.54) is 0 Å². The van der Waals surface area contributed by atoms with E-state index in [0.29, 0.717) is 29.7 Å². The highest BCUT2D eigenvalue weighted by molar-refractivity contribution is 9.10. The maximum absolute atomic E-state index is 12.5. The van der Waals surface area contributed by atoms with E-state index in [9.17, 15) is 4.79 Å². The van der Waals surface area contributed by atoms with Crippen molar-refractivity contribution in [1.29, 1.82) is 0 Å². The Labute approximate surface area is 144 Å². The predicted octanol–water partition coefficient (Wildman–Crippen LogP) is 2.75. The first-order valence-corrected chi connectivity index (χ1v) is 8.42. The molecule has 1 aliphatic carbocycles. The molecule has 5 nitrogen and oxygen atoms in total. The molecule has 1 saturated heterocycles. The molecule has 1 aliphatic heterocycles. The number of aromatic nitrogens is 1. The minimum Gasteiger partial charge on any atom is -0.377 e. The Morgan fingerprint density at radius 3 is 3.09 bits per heavy atom. The van der Waals surface area contributed by atoms with Crippen LogP contribution in [0.1, 0.15) is 18.4 Å². The van der Waals surface area contributed by atoms with Crippen LogP contribution in [-0.4, -0.2) is 36.2 Å². The van der Waals surface area contributed by atoms with Crippen molar-refractivity contribution >= 4 is 33.7 Å². The van der Waals surface area contributed by atoms with Gasteiger partial charge in [-0.3, -0.25) is 4.79 Å². The average molecular weight is 378 g/mol. The molecule has 2 N–H and O–H groups in total. The first kappa shape index (κ1) is 16.4. The van der Waals surface area contributed by atoms with Gasteiger partial charge in [-0.05, 0) is 40.9 Å². The van der Waals surface area contributed by atoms with Crippen molar-refractivity contribution in [3.63, 3.8) is 0 Å². The van der Waals surface area contributed by atoms with Crippen LogP contribution in [0.5, 0.6) is 0 Å². The molecule has 1 aromatic rings. The number of halogens is 1. The zero-order chi connectivity index (χ0) is 16.4. The number of carbonyl (C=O) groups is 1. The minimum atomic E-state index is -0.209. The molecule has 0 bridgehead atoms. The second-order valence-electron chi connectivity index (χ2n) is 6.11. The molecular weight excluding hydrogens is 358 g/mol. The summed E-state index contributed by atoms with van der Waals surface area (Å²) in [4.78, 5) is 16.8. The van der Waals surface area contributed by atoms with Crippen molar-refractivity contribution < 1.29 is 9.53 Å². The largest absolute Gasteiger partial charge is 0.377 e. The van der Waals surface area contributed by atoms with E-state index in [4.69, 9.17) is 4.74 Å². The van der Waals surface area contributed by atoms with Crippen LogP contribution in [0.4, 0.5) is 5.82 Å². The van der Waals surface area contributed by atoms with Crippen molar-refractivity contribution in [1.82, 2.24) is 10.3 Å². The number of carbonyl (C=O) groups excluding carboxylic acids is 1. The Morgan fingerprint density at radius 1 is 1.52 bits per heavy atom. The Hall–Kier alpha value is -1.50. The number of ether oxygens (including phenoxy) is 1. The van der Waals surface area contributed by atoms with Crippen LogP contribution in [0.25, 0.3) is 6.08 Å². The number of nitrogens with one attached hydrogen (secondary N) is 2. The number of anilines is 1. The SMILES string of the molecule is C=CCOC[C@@]12C[C@@H](C(=O)Nc3nc(Br)ccc3C=C)N[C@@H]1C2. The van der Waals surface area contributed by atoms with E-state index in [-0.39, 0.29) is 17.4 Å². The maximum atomic E-state index is 12.5. The standard InChI is InChI=1S/C17H20BrN3O2/c1-3-7-23-10-17-8-12(19-13(17)9-17)16(22)21-15-11(4-2)5-6-14(18)20-15/h3-6,12-13,19H,1-2,7-10H2,(H,20,21,22)/t12-,13+,17-/m0/s1. The zero-order valence-corrected chi connectivity index (χ0v) is 14.4. The third kappa shape index (κ3) is 3.39. The zero-order valence-electron chi connectivity index (χ0n) is 12.8. The number of piperidine rings is 1. The van der Waals surface area contributed by atoms with Crippen molar-refractivity contribution in [3.8, 4) is 0 Å². The number of hydrogen-bond acceptors (Lipinski definition) is 4. The number of amides is 1. The quantitative estimate of drug-likeness (QED) is 0.435. The molecule has 3 atom stereocenters. The molecule has 1 aromatic heterocycles. The first-order valence-electron chi connectivity index (χ1n) is 7.62. The molecule has 0 unspecified atom stereocenters. The van der Waals surface area contributed by atoms with Crippen LogP contribution in [0.3, 0.4) is 0 Å². The molecule has 3 rings (SSSR count). The number of hydrogen-bond donors (Lipinski definition) is 2. The molecule has 2 heterocycles. The summed E-state index contributed by atoms with van der Waals surface area (Å²) in [6.07, 6.45) is 5.29. The van der Waals surface area contributed by atoms with Crippen molar-refractivity contribution in [2.45, 2.75) is 24.9 Å². The molecule has 0 spiro atoms. The molecule has 0 radical (unpaired) electrons. The average Bonchev–Trinajstić information content (AvgIpc) is 3.08. The molecule has 0 aromatic carbocycles. The second kappa shape index (κ2) is 6.55. The van der Waals surface area contributed by atoms with Gasteiger partial charge >= 0.3 is 0 Å². The van der Waals surface area contributed by atoms with E-state index >= 15 is 0 Å². The summed E-state index contributed by atoms with van der Waals surface area (Å²) < 4.78 is 6.26. The summed E-state index contributed by atoms with van der Waals surface area (Å²) in [5.74, 6) is 0.465. The Bertz CT molecular complexity index is 649. The third-order valence-electron chi connectivity index (χ3n) is 4.50. The minimum absolute atomic E-state index is 0.0611. The van der Waals surface area contributed by atoms with Gasteiger partial charge in [-0.1, -0.05) is 18.7 Å². The van der Waals surface area contributed by atoms with E-state index in [2.05, 4.69) is 44.7 Å². The van der Waals surface area contributed by atoms with Crippen LogP contribution in [0.2, 0.25) is 0 Å². The monoisotopic (exact) mass is 377 g/mol. The normalized spacial score (nSPS) is 28.0. The fraction of sp³-hybridized carbons (Fsp3) is 0.412. The fourth-order valence-electron chi connectivity index (χ4n) is 3.16. The Kier molecular flexibility index (Phi) is 4.66. The van der Waals surface area contributed by atoms with Gasteiger partial charge in [0.1, 0.15) is 10.4 Å². The van der Waals surface area contributed by atoms with Crippen LogP contribution in [-0.2, 0) is 9.53 Å². The van der Waals surface area contributed by atoms with Crippen molar-refractivity contribution in [2.24, 2.45) is 5.41 Å². The Balaban J connectivity index is 1.61. The van der Waals surface area contributed by atoms with Gasteiger partial charge in [0.25, 0.3) is 0 Å². The Morgan fingerprint density at radius 2 is 2.35 bits per heavy atom. The lowest BCUT2D eigenvalue weighted by molar-refractivity contribution is -0.118. The molecular formula is C17H20BrN3O2. The van der Waals surface area contributed by atoms with Crippen LogP contribution in [0, 0.1) is 5.41 Å². The molecule has 2 fully saturated rings. The van der Waals surface area contributed by atoms with Crippen LogP contribution < -0.4 is 10.6 Å². The van der Waals surface area contributed by atoms with Gasteiger partial charge in [0, 0.05) is 17.0 Å². The molecule has 122 valence electrons. The molecule has 2 aliphatic rings. The number of pyridine rings is 1. The predicted molar refractivity (Wildman–Crippen MR) is 94.1 cm³/mol.